The number of benzene rings is 1. The number of sulfone groups is 1. The van der Waals surface area contributed by atoms with Crippen molar-refractivity contribution in [1.82, 2.24) is 5.32 Å². The third-order valence-corrected chi connectivity index (χ3v) is 4.09. The van der Waals surface area contributed by atoms with Gasteiger partial charge >= 0.3 is 0 Å². The highest BCUT2D eigenvalue weighted by Gasteiger charge is 2.23. The Hall–Kier alpha value is -1.11. The second-order valence-corrected chi connectivity index (χ2v) is 6.56. The Labute approximate surface area is 120 Å². The molecule has 1 rings (SSSR count). The Morgan fingerprint density at radius 2 is 2.00 bits per heavy atom. The summed E-state index contributed by atoms with van der Waals surface area (Å²) in [7, 11) is -1.54. The second kappa shape index (κ2) is 7.47. The molecule has 108 valence electrons. The highest BCUT2D eigenvalue weighted by Crippen LogP contribution is 2.12. The zero-order chi connectivity index (χ0) is 13.8. The smallest absolute Gasteiger partial charge is 0.242 e. The number of hydrogen-bond acceptors (Lipinski definition) is 4. The molecule has 0 fully saturated rings. The van der Waals surface area contributed by atoms with Crippen molar-refractivity contribution in [1.29, 1.82) is 0 Å². The van der Waals surface area contributed by atoms with Crippen molar-refractivity contribution in [3.8, 4) is 0 Å². The van der Waals surface area contributed by atoms with Crippen LogP contribution in [0.3, 0.4) is 0 Å². The molecule has 1 aromatic carbocycles. The third-order valence-electron chi connectivity index (χ3n) is 2.59. The maximum Gasteiger partial charge on any atom is 0.242 e. The lowest BCUT2D eigenvalue weighted by Crippen LogP contribution is -2.31. The molecule has 19 heavy (non-hydrogen) atoms. The predicted molar refractivity (Wildman–Crippen MR) is 79.4 cm³/mol. The molecule has 1 amide bonds. The first kappa shape index (κ1) is 17.9. The fourth-order valence-corrected chi connectivity index (χ4v) is 1.85. The number of amides is 1. The molecule has 0 aliphatic rings. The first-order valence-corrected chi connectivity index (χ1v) is 7.53. The summed E-state index contributed by atoms with van der Waals surface area (Å²) < 4.78 is 22.5. The van der Waals surface area contributed by atoms with Gasteiger partial charge in [0.2, 0.25) is 5.91 Å². The maximum absolute atomic E-state index is 11.7. The molecule has 5 nitrogen and oxygen atoms in total. The molecule has 0 saturated heterocycles. The van der Waals surface area contributed by atoms with Crippen LogP contribution >= 0.6 is 12.4 Å². The van der Waals surface area contributed by atoms with Gasteiger partial charge in [-0.05, 0) is 31.7 Å². The largest absolute Gasteiger partial charge is 0.325 e. The van der Waals surface area contributed by atoms with Crippen LogP contribution in [-0.4, -0.2) is 32.9 Å². The zero-order valence-electron chi connectivity index (χ0n) is 11.1. The summed E-state index contributed by atoms with van der Waals surface area (Å²) in [6.07, 6.45) is 1.05. The van der Waals surface area contributed by atoms with E-state index in [0.717, 1.165) is 11.8 Å². The fraction of sp³-hybridized carbons (Fsp3) is 0.417. The number of anilines is 1. The highest BCUT2D eigenvalue weighted by molar-refractivity contribution is 7.92. The van der Waals surface area contributed by atoms with Gasteiger partial charge in [0, 0.05) is 18.5 Å². The van der Waals surface area contributed by atoms with Crippen LogP contribution in [0.2, 0.25) is 0 Å². The van der Waals surface area contributed by atoms with E-state index in [2.05, 4.69) is 10.6 Å². The Kier molecular flexibility index (Phi) is 7.04. The van der Waals surface area contributed by atoms with E-state index in [1.807, 2.05) is 25.2 Å². The van der Waals surface area contributed by atoms with Gasteiger partial charge < -0.3 is 10.6 Å². The minimum atomic E-state index is -3.37. The van der Waals surface area contributed by atoms with Gasteiger partial charge in [-0.15, -0.1) is 12.4 Å². The van der Waals surface area contributed by atoms with E-state index in [9.17, 15) is 13.2 Å². The molecule has 0 aliphatic carbocycles. The molecule has 0 saturated carbocycles. The lowest BCUT2D eigenvalue weighted by Gasteiger charge is -2.11. The molecule has 0 aliphatic heterocycles. The molecular formula is C12H19ClN2O3S. The predicted octanol–water partition coefficient (Wildman–Crippen LogP) is 1.20. The van der Waals surface area contributed by atoms with Crippen LogP contribution in [0.1, 0.15) is 12.5 Å². The van der Waals surface area contributed by atoms with Crippen molar-refractivity contribution >= 4 is 33.8 Å². The van der Waals surface area contributed by atoms with Gasteiger partial charge in [0.1, 0.15) is 5.25 Å². The van der Waals surface area contributed by atoms with Crippen LogP contribution in [0.15, 0.2) is 24.3 Å². The van der Waals surface area contributed by atoms with Crippen molar-refractivity contribution in [2.45, 2.75) is 18.7 Å². The van der Waals surface area contributed by atoms with Crippen LogP contribution in [0.4, 0.5) is 5.69 Å². The minimum absolute atomic E-state index is 0. The van der Waals surface area contributed by atoms with Gasteiger partial charge in [0.05, 0.1) is 0 Å². The summed E-state index contributed by atoms with van der Waals surface area (Å²) >= 11 is 0. The quantitative estimate of drug-likeness (QED) is 0.857. The van der Waals surface area contributed by atoms with E-state index >= 15 is 0 Å². The second-order valence-electron chi connectivity index (χ2n) is 4.19. The van der Waals surface area contributed by atoms with E-state index in [1.54, 1.807) is 6.07 Å². The molecule has 0 aromatic heterocycles. The maximum atomic E-state index is 11.7. The fourth-order valence-electron chi connectivity index (χ4n) is 1.40. The summed E-state index contributed by atoms with van der Waals surface area (Å²) in [4.78, 5) is 11.7. The molecule has 1 atom stereocenters. The normalized spacial score (nSPS) is 12.4. The zero-order valence-corrected chi connectivity index (χ0v) is 12.8. The first-order chi connectivity index (χ1) is 8.34. The average Bonchev–Trinajstić information content (AvgIpc) is 2.27. The Morgan fingerprint density at radius 3 is 2.53 bits per heavy atom. The number of rotatable bonds is 5. The highest BCUT2D eigenvalue weighted by atomic mass is 35.5. The number of carbonyl (C=O) groups is 1. The summed E-state index contributed by atoms with van der Waals surface area (Å²) in [5, 5.41) is 4.55. The van der Waals surface area contributed by atoms with E-state index in [1.165, 1.54) is 6.92 Å². The monoisotopic (exact) mass is 306 g/mol. The summed E-state index contributed by atoms with van der Waals surface area (Å²) in [6, 6.07) is 7.27. The lowest BCUT2D eigenvalue weighted by molar-refractivity contribution is -0.115. The van der Waals surface area contributed by atoms with Gasteiger partial charge in [-0.1, -0.05) is 12.1 Å². The third kappa shape index (κ3) is 5.59. The van der Waals surface area contributed by atoms with Crippen LogP contribution in [-0.2, 0) is 21.2 Å². The van der Waals surface area contributed by atoms with Crippen LogP contribution in [0.25, 0.3) is 0 Å². The number of nitrogens with one attached hydrogen (secondary N) is 2. The lowest BCUT2D eigenvalue weighted by atomic mass is 10.2. The van der Waals surface area contributed by atoms with Gasteiger partial charge in [-0.25, -0.2) is 8.42 Å². The van der Waals surface area contributed by atoms with Crippen molar-refractivity contribution in [2.24, 2.45) is 0 Å². The molecule has 7 heteroatoms. The van der Waals surface area contributed by atoms with E-state index in [0.29, 0.717) is 12.2 Å². The van der Waals surface area contributed by atoms with Crippen LogP contribution in [0.5, 0.6) is 0 Å². The van der Waals surface area contributed by atoms with E-state index < -0.39 is 21.0 Å². The van der Waals surface area contributed by atoms with Crippen LogP contribution < -0.4 is 10.6 Å². The number of halogens is 1. The summed E-state index contributed by atoms with van der Waals surface area (Å²) in [5.41, 5.74) is 1.62. The molecular weight excluding hydrogens is 288 g/mol. The van der Waals surface area contributed by atoms with E-state index in [-0.39, 0.29) is 12.4 Å². The van der Waals surface area contributed by atoms with Gasteiger partial charge in [0.25, 0.3) is 0 Å². The van der Waals surface area contributed by atoms with Crippen molar-refractivity contribution in [3.05, 3.63) is 29.8 Å². The Balaban J connectivity index is 0.00000324. The van der Waals surface area contributed by atoms with E-state index in [4.69, 9.17) is 0 Å². The van der Waals surface area contributed by atoms with Gasteiger partial charge in [0.15, 0.2) is 9.84 Å². The molecule has 0 radical (unpaired) electrons. The van der Waals surface area contributed by atoms with Gasteiger partial charge in [-0.3, -0.25) is 4.79 Å². The average molecular weight is 307 g/mol. The molecule has 1 unspecified atom stereocenters. The minimum Gasteiger partial charge on any atom is -0.325 e. The molecule has 1 aromatic rings. The Morgan fingerprint density at radius 1 is 1.37 bits per heavy atom. The van der Waals surface area contributed by atoms with Crippen molar-refractivity contribution < 1.29 is 13.2 Å². The molecule has 0 heterocycles. The summed E-state index contributed by atoms with van der Waals surface area (Å²) in [5.74, 6) is -0.515. The summed E-state index contributed by atoms with van der Waals surface area (Å²) in [6.45, 7) is 2.06. The number of hydrogen-bond donors (Lipinski definition) is 2. The molecule has 0 spiro atoms. The van der Waals surface area contributed by atoms with Crippen LogP contribution in [0, 0.1) is 0 Å². The SMILES string of the molecule is CNCc1cccc(NC(=O)C(C)S(C)(=O)=O)c1.Cl. The number of carbonyl (C=O) groups excluding carboxylic acids is 1. The Bertz CT molecular complexity index is 532. The van der Waals surface area contributed by atoms with Gasteiger partial charge in [-0.2, -0.15) is 0 Å². The molecule has 0 bridgehead atoms. The first-order valence-electron chi connectivity index (χ1n) is 5.58. The molecule has 2 N–H and O–H groups in total. The van der Waals surface area contributed by atoms with Crippen molar-refractivity contribution in [3.63, 3.8) is 0 Å². The standard InChI is InChI=1S/C12H18N2O3S.ClH/c1-9(18(3,16)17)12(15)14-11-6-4-5-10(7-11)8-13-2;/h4-7,9,13H,8H2,1-3H3,(H,14,15);1H. The topological polar surface area (TPSA) is 75.3 Å². The van der Waals surface area contributed by atoms with Crippen molar-refractivity contribution in [2.75, 3.05) is 18.6 Å².